The average molecular weight is 264 g/mol. The Morgan fingerprint density at radius 2 is 2.17 bits per heavy atom. The summed E-state index contributed by atoms with van der Waals surface area (Å²) in [6.45, 7) is 3.57. The van der Waals surface area contributed by atoms with Crippen molar-refractivity contribution in [1.29, 1.82) is 0 Å². The molecular weight excluding hydrogens is 249 g/mol. The van der Waals surface area contributed by atoms with Gasteiger partial charge >= 0.3 is 6.18 Å². The van der Waals surface area contributed by atoms with Crippen molar-refractivity contribution in [2.75, 3.05) is 0 Å². The molecule has 1 atom stereocenters. The van der Waals surface area contributed by atoms with Crippen molar-refractivity contribution >= 4 is 5.91 Å². The monoisotopic (exact) mass is 264 g/mol. The van der Waals surface area contributed by atoms with Crippen LogP contribution in [0.25, 0.3) is 0 Å². The topological polar surface area (TPSA) is 72.9 Å². The first kappa shape index (κ1) is 14.5. The molecule has 18 heavy (non-hydrogen) atoms. The maximum absolute atomic E-state index is 12.3. The molecule has 102 valence electrons. The molecule has 0 bridgehead atoms. The van der Waals surface area contributed by atoms with Gasteiger partial charge in [-0.1, -0.05) is 13.8 Å². The first-order valence-corrected chi connectivity index (χ1v) is 5.36. The highest BCUT2D eigenvalue weighted by Gasteiger charge is 2.33. The van der Waals surface area contributed by atoms with Gasteiger partial charge in [0.25, 0.3) is 0 Å². The van der Waals surface area contributed by atoms with E-state index in [1.165, 1.54) is 6.20 Å². The lowest BCUT2D eigenvalue weighted by atomic mass is 10.2. The minimum absolute atomic E-state index is 0.0138. The van der Waals surface area contributed by atoms with E-state index in [4.69, 9.17) is 5.73 Å². The number of rotatable bonds is 5. The van der Waals surface area contributed by atoms with Crippen LogP contribution in [0.15, 0.2) is 12.3 Å². The summed E-state index contributed by atoms with van der Waals surface area (Å²) in [5.41, 5.74) is 4.17. The van der Waals surface area contributed by atoms with Crippen LogP contribution in [0, 0.1) is 0 Å². The molecule has 1 rings (SSSR count). The lowest BCUT2D eigenvalue weighted by Crippen LogP contribution is -2.47. The van der Waals surface area contributed by atoms with Crippen LogP contribution in [-0.4, -0.2) is 27.8 Å². The Morgan fingerprint density at radius 3 is 2.56 bits per heavy atom. The zero-order valence-corrected chi connectivity index (χ0v) is 10.0. The van der Waals surface area contributed by atoms with Crippen molar-refractivity contribution < 1.29 is 18.0 Å². The number of carbonyl (C=O) groups is 1. The number of carbonyl (C=O) groups excluding carboxylic acids is 1. The van der Waals surface area contributed by atoms with Crippen molar-refractivity contribution in [2.24, 2.45) is 5.73 Å². The van der Waals surface area contributed by atoms with Crippen molar-refractivity contribution in [3.8, 4) is 0 Å². The predicted octanol–water partition coefficient (Wildman–Crippen LogP) is 0.754. The molecule has 0 aliphatic rings. The van der Waals surface area contributed by atoms with Gasteiger partial charge in [-0.3, -0.25) is 9.48 Å². The van der Waals surface area contributed by atoms with E-state index in [0.29, 0.717) is 0 Å². The number of nitrogens with one attached hydrogen (secondary N) is 1. The van der Waals surface area contributed by atoms with Gasteiger partial charge in [-0.15, -0.1) is 0 Å². The van der Waals surface area contributed by atoms with E-state index < -0.39 is 23.8 Å². The number of hydrogen-bond acceptors (Lipinski definition) is 3. The Balaban J connectivity index is 2.76. The molecule has 0 radical (unpaired) electrons. The van der Waals surface area contributed by atoms with Crippen LogP contribution >= 0.6 is 0 Å². The fourth-order valence-corrected chi connectivity index (χ4v) is 1.43. The minimum Gasteiger partial charge on any atom is -0.368 e. The standard InChI is InChI=1S/C10H15F3N4O/c1-6(2)15-7(9(14)18)5-17-4-3-8(16-17)10(11,12)13/h3-4,6-7,15H,5H2,1-2H3,(H2,14,18). The van der Waals surface area contributed by atoms with Gasteiger partial charge in [0.1, 0.15) is 6.04 Å². The highest BCUT2D eigenvalue weighted by atomic mass is 19.4. The number of amides is 1. The first-order chi connectivity index (χ1) is 8.20. The number of hydrogen-bond donors (Lipinski definition) is 2. The lowest BCUT2D eigenvalue weighted by Gasteiger charge is -2.18. The summed E-state index contributed by atoms with van der Waals surface area (Å²) < 4.78 is 38.0. The Labute approximate surface area is 102 Å². The van der Waals surface area contributed by atoms with E-state index in [0.717, 1.165) is 10.7 Å². The third kappa shape index (κ3) is 4.02. The summed E-state index contributed by atoms with van der Waals surface area (Å²) >= 11 is 0. The normalized spacial score (nSPS) is 13.9. The fraction of sp³-hybridized carbons (Fsp3) is 0.600. The molecule has 0 aromatic carbocycles. The molecule has 0 aliphatic carbocycles. The van der Waals surface area contributed by atoms with Crippen LogP contribution in [0.1, 0.15) is 19.5 Å². The van der Waals surface area contributed by atoms with Crippen LogP contribution < -0.4 is 11.1 Å². The zero-order valence-electron chi connectivity index (χ0n) is 10.0. The molecule has 1 amide bonds. The summed E-state index contributed by atoms with van der Waals surface area (Å²) in [5, 5.41) is 6.21. The number of nitrogens with zero attached hydrogens (tertiary/aromatic N) is 2. The number of halogens is 3. The Morgan fingerprint density at radius 1 is 1.56 bits per heavy atom. The zero-order chi connectivity index (χ0) is 13.9. The van der Waals surface area contributed by atoms with E-state index in [1.54, 1.807) is 13.8 Å². The molecule has 1 unspecified atom stereocenters. The Bertz CT molecular complexity index is 414. The summed E-state index contributed by atoms with van der Waals surface area (Å²) in [6, 6.07) is 0.0825. The van der Waals surface area contributed by atoms with E-state index in [2.05, 4.69) is 10.4 Å². The molecule has 8 heteroatoms. The van der Waals surface area contributed by atoms with Gasteiger partial charge in [0.2, 0.25) is 5.91 Å². The predicted molar refractivity (Wildman–Crippen MR) is 58.5 cm³/mol. The van der Waals surface area contributed by atoms with Crippen LogP contribution in [-0.2, 0) is 17.5 Å². The second-order valence-electron chi connectivity index (χ2n) is 4.20. The largest absolute Gasteiger partial charge is 0.435 e. The molecule has 5 nitrogen and oxygen atoms in total. The Kier molecular flexibility index (Phi) is 4.33. The third-order valence-electron chi connectivity index (χ3n) is 2.18. The number of nitrogens with two attached hydrogens (primary N) is 1. The maximum Gasteiger partial charge on any atom is 0.435 e. The van der Waals surface area contributed by atoms with Crippen LogP contribution in [0.3, 0.4) is 0 Å². The van der Waals surface area contributed by atoms with Crippen molar-refractivity contribution in [3.05, 3.63) is 18.0 Å². The second kappa shape index (κ2) is 5.38. The van der Waals surface area contributed by atoms with Gasteiger partial charge in [0, 0.05) is 12.2 Å². The number of aromatic nitrogens is 2. The minimum atomic E-state index is -4.49. The van der Waals surface area contributed by atoms with Crippen molar-refractivity contribution in [2.45, 2.75) is 38.7 Å². The molecule has 0 aliphatic heterocycles. The molecule has 1 aromatic rings. The number of primary amides is 1. The Hall–Kier alpha value is -1.57. The van der Waals surface area contributed by atoms with Crippen LogP contribution in [0.2, 0.25) is 0 Å². The van der Waals surface area contributed by atoms with E-state index in [-0.39, 0.29) is 12.6 Å². The maximum atomic E-state index is 12.3. The van der Waals surface area contributed by atoms with Crippen molar-refractivity contribution in [3.63, 3.8) is 0 Å². The van der Waals surface area contributed by atoms with Gasteiger partial charge in [0.05, 0.1) is 6.54 Å². The second-order valence-corrected chi connectivity index (χ2v) is 4.20. The SMILES string of the molecule is CC(C)NC(Cn1ccc(C(F)(F)F)n1)C(N)=O. The van der Waals surface area contributed by atoms with Crippen molar-refractivity contribution in [1.82, 2.24) is 15.1 Å². The molecular formula is C10H15F3N4O. The molecule has 0 fully saturated rings. The summed E-state index contributed by atoms with van der Waals surface area (Å²) in [5.74, 6) is -0.632. The van der Waals surface area contributed by atoms with E-state index in [9.17, 15) is 18.0 Å². The third-order valence-corrected chi connectivity index (χ3v) is 2.18. The highest BCUT2D eigenvalue weighted by molar-refractivity contribution is 5.79. The lowest BCUT2D eigenvalue weighted by molar-refractivity contribution is -0.141. The van der Waals surface area contributed by atoms with Gasteiger partial charge in [-0.05, 0) is 6.07 Å². The highest BCUT2D eigenvalue weighted by Crippen LogP contribution is 2.27. The summed E-state index contributed by atoms with van der Waals surface area (Å²) in [6.07, 6.45) is -3.32. The smallest absolute Gasteiger partial charge is 0.368 e. The molecule has 1 aromatic heterocycles. The van der Waals surface area contributed by atoms with E-state index >= 15 is 0 Å². The number of alkyl halides is 3. The molecule has 0 spiro atoms. The summed E-state index contributed by atoms with van der Waals surface area (Å²) in [7, 11) is 0. The summed E-state index contributed by atoms with van der Waals surface area (Å²) in [4.78, 5) is 11.1. The van der Waals surface area contributed by atoms with Gasteiger partial charge in [0.15, 0.2) is 5.69 Å². The van der Waals surface area contributed by atoms with Crippen LogP contribution in [0.5, 0.6) is 0 Å². The molecule has 0 saturated heterocycles. The quantitative estimate of drug-likeness (QED) is 0.824. The van der Waals surface area contributed by atoms with Gasteiger partial charge < -0.3 is 11.1 Å². The first-order valence-electron chi connectivity index (χ1n) is 5.36. The van der Waals surface area contributed by atoms with E-state index in [1.807, 2.05) is 0 Å². The van der Waals surface area contributed by atoms with Gasteiger partial charge in [-0.25, -0.2) is 0 Å². The molecule has 3 N–H and O–H groups in total. The molecule has 1 heterocycles. The fourth-order valence-electron chi connectivity index (χ4n) is 1.43. The van der Waals surface area contributed by atoms with Gasteiger partial charge in [-0.2, -0.15) is 18.3 Å². The van der Waals surface area contributed by atoms with Crippen LogP contribution in [0.4, 0.5) is 13.2 Å². The molecule has 0 saturated carbocycles. The average Bonchev–Trinajstić information content (AvgIpc) is 2.63.